The minimum atomic E-state index is -3.97. The lowest BCUT2D eigenvalue weighted by Crippen LogP contribution is -2.39. The van der Waals surface area contributed by atoms with Crippen LogP contribution in [-0.4, -0.2) is 31.7 Å². The number of nitrogens with one attached hydrogen (secondary N) is 1. The van der Waals surface area contributed by atoms with E-state index < -0.39 is 22.5 Å². The molecule has 0 aliphatic carbocycles. The van der Waals surface area contributed by atoms with Crippen LogP contribution in [0.25, 0.3) is 5.69 Å². The number of aromatic nitrogens is 1. The molecular formula is C29H29IN4O3S. The highest BCUT2D eigenvalue weighted by Gasteiger charge is 2.27. The molecule has 0 spiro atoms. The van der Waals surface area contributed by atoms with E-state index in [0.29, 0.717) is 5.69 Å². The van der Waals surface area contributed by atoms with Crippen LogP contribution in [0.5, 0.6) is 0 Å². The number of anilines is 1. The van der Waals surface area contributed by atoms with Crippen molar-refractivity contribution in [3.63, 3.8) is 0 Å². The Morgan fingerprint density at radius 1 is 0.947 bits per heavy atom. The largest absolute Gasteiger partial charge is 0.318 e. The summed E-state index contributed by atoms with van der Waals surface area (Å²) in [5.74, 6) is -0.553. The number of amides is 1. The second-order valence-corrected chi connectivity index (χ2v) is 12.1. The predicted molar refractivity (Wildman–Crippen MR) is 161 cm³/mol. The zero-order valence-corrected chi connectivity index (χ0v) is 24.6. The van der Waals surface area contributed by atoms with Crippen LogP contribution < -0.4 is 9.73 Å². The Morgan fingerprint density at radius 3 is 2.29 bits per heavy atom. The standard InChI is InChI=1S/C29H29IN4O3S/c1-20-10-13-27(16-21(20)2)34-22(3)17-24(23(34)4)18-31-32-29(35)19-33(26-14-11-25(30)12-15-26)38(36,37)28-8-6-5-7-9-28/h5-18H,19H2,1-4H3,(H,32,35)/b31-18-. The number of rotatable bonds is 8. The number of hydrogen-bond acceptors (Lipinski definition) is 4. The maximum absolute atomic E-state index is 13.4. The van der Waals surface area contributed by atoms with Crippen LogP contribution in [-0.2, 0) is 14.8 Å². The lowest BCUT2D eigenvalue weighted by molar-refractivity contribution is -0.119. The first kappa shape index (κ1) is 27.6. The molecule has 1 aromatic heterocycles. The lowest BCUT2D eigenvalue weighted by atomic mass is 10.1. The molecule has 0 bridgehead atoms. The van der Waals surface area contributed by atoms with Crippen LogP contribution in [0.15, 0.2) is 88.9 Å². The third kappa shape index (κ3) is 5.99. The van der Waals surface area contributed by atoms with Gasteiger partial charge in [-0.1, -0.05) is 24.3 Å². The molecule has 0 saturated heterocycles. The molecule has 0 radical (unpaired) electrons. The first-order valence-electron chi connectivity index (χ1n) is 12.0. The Kier molecular flexibility index (Phi) is 8.37. The second-order valence-electron chi connectivity index (χ2n) is 9.02. The summed E-state index contributed by atoms with van der Waals surface area (Å²) in [6.45, 7) is 7.76. The first-order valence-corrected chi connectivity index (χ1v) is 14.5. The van der Waals surface area contributed by atoms with E-state index in [-0.39, 0.29) is 4.90 Å². The third-order valence-corrected chi connectivity index (χ3v) is 8.85. The van der Waals surface area contributed by atoms with Gasteiger partial charge < -0.3 is 4.57 Å². The van der Waals surface area contributed by atoms with E-state index >= 15 is 0 Å². The summed E-state index contributed by atoms with van der Waals surface area (Å²) in [6.07, 6.45) is 1.58. The molecule has 1 heterocycles. The van der Waals surface area contributed by atoms with Crippen LogP contribution in [0, 0.1) is 31.3 Å². The summed E-state index contributed by atoms with van der Waals surface area (Å²) in [6, 6.07) is 23.3. The zero-order valence-electron chi connectivity index (χ0n) is 21.6. The lowest BCUT2D eigenvalue weighted by Gasteiger charge is -2.23. The van der Waals surface area contributed by atoms with Gasteiger partial charge in [0.25, 0.3) is 15.9 Å². The van der Waals surface area contributed by atoms with Gasteiger partial charge >= 0.3 is 0 Å². The summed E-state index contributed by atoms with van der Waals surface area (Å²) in [5.41, 5.74) is 9.26. The monoisotopic (exact) mass is 640 g/mol. The summed E-state index contributed by atoms with van der Waals surface area (Å²) in [5, 5.41) is 4.14. The molecule has 4 aromatic rings. The number of carbonyl (C=O) groups is 1. The Morgan fingerprint density at radius 2 is 1.63 bits per heavy atom. The van der Waals surface area contributed by atoms with Crippen LogP contribution in [0.4, 0.5) is 5.69 Å². The van der Waals surface area contributed by atoms with Gasteiger partial charge in [-0.05, 0) is 116 Å². The maximum atomic E-state index is 13.4. The molecule has 0 unspecified atom stereocenters. The topological polar surface area (TPSA) is 83.8 Å². The van der Waals surface area contributed by atoms with Gasteiger partial charge in [0.1, 0.15) is 6.54 Å². The molecule has 196 valence electrons. The Balaban J connectivity index is 1.54. The summed E-state index contributed by atoms with van der Waals surface area (Å²) in [4.78, 5) is 13.0. The molecule has 1 amide bonds. The molecule has 38 heavy (non-hydrogen) atoms. The van der Waals surface area contributed by atoms with Gasteiger partial charge in [0.05, 0.1) is 16.8 Å². The van der Waals surface area contributed by atoms with Crippen molar-refractivity contribution in [1.29, 1.82) is 0 Å². The number of hydrogen-bond donors (Lipinski definition) is 1. The van der Waals surface area contributed by atoms with Crippen molar-refractivity contribution in [1.82, 2.24) is 9.99 Å². The third-order valence-electron chi connectivity index (χ3n) is 6.34. The van der Waals surface area contributed by atoms with Gasteiger partial charge in [-0.15, -0.1) is 0 Å². The van der Waals surface area contributed by atoms with E-state index in [1.807, 2.05) is 19.9 Å². The van der Waals surface area contributed by atoms with E-state index in [0.717, 1.165) is 30.5 Å². The van der Waals surface area contributed by atoms with E-state index in [2.05, 4.69) is 69.7 Å². The van der Waals surface area contributed by atoms with Crippen molar-refractivity contribution < 1.29 is 13.2 Å². The second kappa shape index (κ2) is 11.5. The summed E-state index contributed by atoms with van der Waals surface area (Å²) < 4.78 is 31.0. The average molecular weight is 641 g/mol. The SMILES string of the molecule is Cc1ccc(-n2c(C)cc(/C=N\NC(=O)CN(c3ccc(I)cc3)S(=O)(=O)c3ccccc3)c2C)cc1C. The van der Waals surface area contributed by atoms with Crippen LogP contribution in [0.1, 0.15) is 28.1 Å². The molecule has 0 saturated carbocycles. The summed E-state index contributed by atoms with van der Waals surface area (Å²) >= 11 is 2.15. The van der Waals surface area contributed by atoms with Gasteiger partial charge in [-0.2, -0.15) is 5.10 Å². The average Bonchev–Trinajstić information content (AvgIpc) is 3.18. The van der Waals surface area contributed by atoms with Gasteiger partial charge in [-0.25, -0.2) is 13.8 Å². The van der Waals surface area contributed by atoms with Gasteiger partial charge in [0, 0.05) is 26.2 Å². The molecule has 0 aliphatic rings. The van der Waals surface area contributed by atoms with Crippen molar-refractivity contribution in [2.75, 3.05) is 10.8 Å². The van der Waals surface area contributed by atoms with Crippen molar-refractivity contribution in [2.24, 2.45) is 5.10 Å². The summed E-state index contributed by atoms with van der Waals surface area (Å²) in [7, 11) is -3.97. The number of aryl methyl sites for hydroxylation is 3. The number of halogens is 1. The fourth-order valence-electron chi connectivity index (χ4n) is 4.16. The molecule has 3 aromatic carbocycles. The number of sulfonamides is 1. The van der Waals surface area contributed by atoms with Crippen molar-refractivity contribution in [3.05, 3.63) is 111 Å². The highest BCUT2D eigenvalue weighted by Crippen LogP contribution is 2.25. The van der Waals surface area contributed by atoms with E-state index in [4.69, 9.17) is 0 Å². The molecule has 7 nitrogen and oxygen atoms in total. The van der Waals surface area contributed by atoms with Gasteiger partial charge in [0.15, 0.2) is 0 Å². The molecule has 0 atom stereocenters. The fraction of sp³-hybridized carbons (Fsp3) is 0.172. The Bertz CT molecular complexity index is 1600. The number of hydrazone groups is 1. The minimum Gasteiger partial charge on any atom is -0.318 e. The van der Waals surface area contributed by atoms with Crippen LogP contribution >= 0.6 is 22.6 Å². The molecule has 0 aliphatic heterocycles. The molecule has 4 rings (SSSR count). The van der Waals surface area contributed by atoms with E-state index in [1.54, 1.807) is 48.7 Å². The maximum Gasteiger partial charge on any atom is 0.264 e. The number of carbonyl (C=O) groups excluding carboxylic acids is 1. The van der Waals surface area contributed by atoms with Crippen LogP contribution in [0.3, 0.4) is 0 Å². The smallest absolute Gasteiger partial charge is 0.264 e. The highest BCUT2D eigenvalue weighted by molar-refractivity contribution is 14.1. The zero-order chi connectivity index (χ0) is 27.4. The molecule has 1 N–H and O–H groups in total. The van der Waals surface area contributed by atoms with Gasteiger partial charge in [-0.3, -0.25) is 9.10 Å². The molecule has 0 fully saturated rings. The normalized spacial score (nSPS) is 11.6. The molecule has 9 heteroatoms. The Labute approximate surface area is 237 Å². The number of nitrogens with zero attached hydrogens (tertiary/aromatic N) is 3. The quantitative estimate of drug-likeness (QED) is 0.153. The molecular weight excluding hydrogens is 611 g/mol. The highest BCUT2D eigenvalue weighted by atomic mass is 127. The van der Waals surface area contributed by atoms with Crippen molar-refractivity contribution in [3.8, 4) is 5.69 Å². The van der Waals surface area contributed by atoms with E-state index in [9.17, 15) is 13.2 Å². The fourth-order valence-corrected chi connectivity index (χ4v) is 5.96. The predicted octanol–water partition coefficient (Wildman–Crippen LogP) is 5.66. The first-order chi connectivity index (χ1) is 18.1. The van der Waals surface area contributed by atoms with Crippen LogP contribution in [0.2, 0.25) is 0 Å². The van der Waals surface area contributed by atoms with Crippen molar-refractivity contribution >= 4 is 50.4 Å². The van der Waals surface area contributed by atoms with E-state index in [1.165, 1.54) is 23.3 Å². The van der Waals surface area contributed by atoms with Crippen molar-refractivity contribution in [2.45, 2.75) is 32.6 Å². The minimum absolute atomic E-state index is 0.105. The number of benzene rings is 3. The Hall–Kier alpha value is -3.44. The van der Waals surface area contributed by atoms with Gasteiger partial charge in [0.2, 0.25) is 0 Å².